The van der Waals surface area contributed by atoms with E-state index in [0.29, 0.717) is 6.54 Å². The van der Waals surface area contributed by atoms with Gasteiger partial charge in [-0.05, 0) is 56.6 Å². The van der Waals surface area contributed by atoms with E-state index in [-0.39, 0.29) is 24.3 Å². The van der Waals surface area contributed by atoms with Crippen LogP contribution in [0.3, 0.4) is 0 Å². The number of para-hydroxylation sites is 1. The monoisotopic (exact) mass is 341 g/mol. The maximum absolute atomic E-state index is 12.9. The fourth-order valence-electron chi connectivity index (χ4n) is 4.11. The Balaban J connectivity index is 1.56. The highest BCUT2D eigenvalue weighted by Crippen LogP contribution is 2.42. The van der Waals surface area contributed by atoms with Gasteiger partial charge in [-0.3, -0.25) is 14.5 Å². The second-order valence-corrected chi connectivity index (χ2v) is 7.53. The minimum Gasteiger partial charge on any atom is -0.323 e. The summed E-state index contributed by atoms with van der Waals surface area (Å²) in [7, 11) is 0. The quantitative estimate of drug-likeness (QED) is 0.855. The summed E-state index contributed by atoms with van der Waals surface area (Å²) in [6, 6.07) is 5.58. The van der Waals surface area contributed by atoms with E-state index in [1.165, 1.54) is 0 Å². The molecule has 132 valence electrons. The molecule has 1 aromatic rings. The fourth-order valence-corrected chi connectivity index (χ4v) is 4.11. The highest BCUT2D eigenvalue weighted by atomic mass is 16.2. The molecule has 1 saturated heterocycles. The molecule has 0 spiro atoms. The number of nitrogens with one attached hydrogen (secondary N) is 1. The minimum absolute atomic E-state index is 0.194. The van der Waals surface area contributed by atoms with E-state index in [0.717, 1.165) is 47.4 Å². The summed E-state index contributed by atoms with van der Waals surface area (Å²) in [4.78, 5) is 40.7. The SMILES string of the molecule is Cc1cccc2c1N(C(=O)CN1C(=O)NC(C)(C3CC3)C1=O)CCC2. The van der Waals surface area contributed by atoms with Gasteiger partial charge in [-0.15, -0.1) is 0 Å². The van der Waals surface area contributed by atoms with Crippen molar-refractivity contribution < 1.29 is 14.4 Å². The molecule has 2 heterocycles. The molecular formula is C19H23N3O3. The van der Waals surface area contributed by atoms with Crippen molar-refractivity contribution in [2.75, 3.05) is 18.0 Å². The van der Waals surface area contributed by atoms with E-state index in [1.54, 1.807) is 11.8 Å². The van der Waals surface area contributed by atoms with Crippen molar-refractivity contribution in [3.05, 3.63) is 29.3 Å². The summed E-state index contributed by atoms with van der Waals surface area (Å²) >= 11 is 0. The van der Waals surface area contributed by atoms with Crippen molar-refractivity contribution in [2.24, 2.45) is 5.92 Å². The van der Waals surface area contributed by atoms with Gasteiger partial charge in [0.1, 0.15) is 12.1 Å². The second kappa shape index (κ2) is 5.58. The Morgan fingerprint density at radius 1 is 1.32 bits per heavy atom. The van der Waals surface area contributed by atoms with E-state index in [9.17, 15) is 14.4 Å². The Bertz CT molecular complexity index is 771. The fraction of sp³-hybridized carbons (Fsp3) is 0.526. The minimum atomic E-state index is -0.840. The van der Waals surface area contributed by atoms with Crippen molar-refractivity contribution in [3.63, 3.8) is 0 Å². The number of imide groups is 1. The third-order valence-electron chi connectivity index (χ3n) is 5.71. The predicted octanol–water partition coefficient (Wildman–Crippen LogP) is 1.99. The maximum Gasteiger partial charge on any atom is 0.325 e. The van der Waals surface area contributed by atoms with Gasteiger partial charge in [-0.25, -0.2) is 4.79 Å². The van der Waals surface area contributed by atoms with Crippen LogP contribution in [0.15, 0.2) is 18.2 Å². The average Bonchev–Trinajstić information content (AvgIpc) is 3.41. The largest absolute Gasteiger partial charge is 0.325 e. The number of carbonyl (C=O) groups excluding carboxylic acids is 3. The van der Waals surface area contributed by atoms with Crippen LogP contribution in [0.2, 0.25) is 0 Å². The van der Waals surface area contributed by atoms with Gasteiger partial charge in [-0.1, -0.05) is 18.2 Å². The molecule has 25 heavy (non-hydrogen) atoms. The van der Waals surface area contributed by atoms with Crippen LogP contribution in [0.4, 0.5) is 10.5 Å². The smallest absolute Gasteiger partial charge is 0.323 e. The lowest BCUT2D eigenvalue weighted by atomic mass is 9.96. The molecule has 4 amide bonds. The lowest BCUT2D eigenvalue weighted by Crippen LogP contribution is -2.48. The highest BCUT2D eigenvalue weighted by molar-refractivity contribution is 6.10. The van der Waals surface area contributed by atoms with Crippen LogP contribution in [0, 0.1) is 12.8 Å². The van der Waals surface area contributed by atoms with E-state index in [4.69, 9.17) is 0 Å². The molecule has 2 fully saturated rings. The number of fused-ring (bicyclic) bond motifs is 1. The Morgan fingerprint density at radius 3 is 2.80 bits per heavy atom. The molecule has 1 saturated carbocycles. The molecule has 4 rings (SSSR count). The lowest BCUT2D eigenvalue weighted by molar-refractivity contribution is -0.134. The van der Waals surface area contributed by atoms with Crippen molar-refractivity contribution in [1.29, 1.82) is 0 Å². The van der Waals surface area contributed by atoms with Crippen LogP contribution >= 0.6 is 0 Å². The Hall–Kier alpha value is -2.37. The van der Waals surface area contributed by atoms with Crippen molar-refractivity contribution in [2.45, 2.75) is 45.1 Å². The molecule has 2 aliphatic heterocycles. The van der Waals surface area contributed by atoms with E-state index >= 15 is 0 Å². The molecule has 0 radical (unpaired) electrons. The highest BCUT2D eigenvalue weighted by Gasteiger charge is 2.56. The number of benzene rings is 1. The summed E-state index contributed by atoms with van der Waals surface area (Å²) in [6.07, 6.45) is 3.73. The average molecular weight is 341 g/mol. The van der Waals surface area contributed by atoms with Gasteiger partial charge in [0.15, 0.2) is 0 Å². The van der Waals surface area contributed by atoms with Crippen LogP contribution in [-0.2, 0) is 16.0 Å². The zero-order valence-corrected chi connectivity index (χ0v) is 14.7. The summed E-state index contributed by atoms with van der Waals surface area (Å²) in [5.74, 6) is -0.267. The lowest BCUT2D eigenvalue weighted by Gasteiger charge is -2.32. The standard InChI is InChI=1S/C19H23N3O3/c1-12-5-3-6-13-7-4-10-21(16(12)13)15(23)11-22-17(24)19(2,14-8-9-14)20-18(22)25/h3,5-6,14H,4,7-11H2,1-2H3,(H,20,25). The number of amides is 4. The third kappa shape index (κ3) is 2.51. The van der Waals surface area contributed by atoms with E-state index in [2.05, 4.69) is 5.32 Å². The zero-order valence-electron chi connectivity index (χ0n) is 14.7. The third-order valence-corrected chi connectivity index (χ3v) is 5.71. The molecule has 0 bridgehead atoms. The Kier molecular flexibility index (Phi) is 3.60. The van der Waals surface area contributed by atoms with Crippen LogP contribution in [0.5, 0.6) is 0 Å². The number of anilines is 1. The molecule has 3 aliphatic rings. The normalized spacial score (nSPS) is 25.8. The zero-order chi connectivity index (χ0) is 17.8. The summed E-state index contributed by atoms with van der Waals surface area (Å²) in [5, 5.41) is 2.80. The molecular weight excluding hydrogens is 318 g/mol. The number of carbonyl (C=O) groups is 3. The number of hydrogen-bond acceptors (Lipinski definition) is 3. The van der Waals surface area contributed by atoms with Gasteiger partial charge in [-0.2, -0.15) is 0 Å². The van der Waals surface area contributed by atoms with E-state index < -0.39 is 11.6 Å². The first-order chi connectivity index (χ1) is 11.9. The first-order valence-electron chi connectivity index (χ1n) is 8.95. The van der Waals surface area contributed by atoms with Crippen LogP contribution in [0.25, 0.3) is 0 Å². The Labute approximate surface area is 147 Å². The maximum atomic E-state index is 12.9. The number of aryl methyl sites for hydroxylation is 2. The van der Waals surface area contributed by atoms with Gasteiger partial charge in [0.05, 0.1) is 0 Å². The molecule has 6 nitrogen and oxygen atoms in total. The first-order valence-corrected chi connectivity index (χ1v) is 8.95. The van der Waals surface area contributed by atoms with E-state index in [1.807, 2.05) is 25.1 Å². The van der Waals surface area contributed by atoms with Crippen molar-refractivity contribution >= 4 is 23.5 Å². The number of nitrogens with zero attached hydrogens (tertiary/aromatic N) is 2. The van der Waals surface area contributed by atoms with Gasteiger partial charge < -0.3 is 10.2 Å². The van der Waals surface area contributed by atoms with Gasteiger partial charge in [0.2, 0.25) is 5.91 Å². The molecule has 1 atom stereocenters. The summed E-state index contributed by atoms with van der Waals surface area (Å²) in [5.41, 5.74) is 2.30. The number of urea groups is 1. The summed E-state index contributed by atoms with van der Waals surface area (Å²) in [6.45, 7) is 4.19. The van der Waals surface area contributed by atoms with Gasteiger partial charge in [0, 0.05) is 12.2 Å². The van der Waals surface area contributed by atoms with Crippen LogP contribution < -0.4 is 10.2 Å². The number of rotatable bonds is 3. The van der Waals surface area contributed by atoms with Gasteiger partial charge in [0.25, 0.3) is 5.91 Å². The Morgan fingerprint density at radius 2 is 2.08 bits per heavy atom. The molecule has 1 aromatic carbocycles. The van der Waals surface area contributed by atoms with Crippen LogP contribution in [0.1, 0.15) is 37.3 Å². The number of hydrogen-bond donors (Lipinski definition) is 1. The topological polar surface area (TPSA) is 69.7 Å². The molecule has 1 N–H and O–H groups in total. The van der Waals surface area contributed by atoms with Gasteiger partial charge >= 0.3 is 6.03 Å². The molecule has 0 aromatic heterocycles. The second-order valence-electron chi connectivity index (χ2n) is 7.53. The predicted molar refractivity (Wildman–Crippen MR) is 93.2 cm³/mol. The summed E-state index contributed by atoms with van der Waals surface area (Å²) < 4.78 is 0. The first kappa shape index (κ1) is 16.1. The molecule has 1 unspecified atom stereocenters. The molecule has 1 aliphatic carbocycles. The van der Waals surface area contributed by atoms with Crippen molar-refractivity contribution in [1.82, 2.24) is 10.2 Å². The van der Waals surface area contributed by atoms with Crippen LogP contribution in [-0.4, -0.2) is 41.4 Å². The van der Waals surface area contributed by atoms with Crippen molar-refractivity contribution in [3.8, 4) is 0 Å². The molecule has 6 heteroatoms.